The van der Waals surface area contributed by atoms with Crippen molar-refractivity contribution in [2.45, 2.75) is 50.6 Å². The number of hydrogen-bond donors (Lipinski definition) is 2. The van der Waals surface area contributed by atoms with Crippen molar-refractivity contribution >= 4 is 32.9 Å². The van der Waals surface area contributed by atoms with E-state index in [1.165, 1.54) is 32.1 Å². The van der Waals surface area contributed by atoms with Crippen LogP contribution in [0.5, 0.6) is 0 Å². The van der Waals surface area contributed by atoms with E-state index >= 15 is 0 Å². The third-order valence-corrected chi connectivity index (χ3v) is 8.64. The van der Waals surface area contributed by atoms with Crippen LogP contribution < -0.4 is 10.9 Å². The highest BCUT2D eigenvalue weighted by atomic mass is 32.1. The van der Waals surface area contributed by atoms with Crippen LogP contribution in [0.1, 0.15) is 50.9 Å². The molecule has 1 saturated heterocycles. The quantitative estimate of drug-likeness (QED) is 0.573. The molecule has 31 heavy (non-hydrogen) atoms. The van der Waals surface area contributed by atoms with Crippen LogP contribution in [0.3, 0.4) is 0 Å². The monoisotopic (exact) mass is 458 g/mol. The van der Waals surface area contributed by atoms with Gasteiger partial charge in [0.1, 0.15) is 10.7 Å². The van der Waals surface area contributed by atoms with Gasteiger partial charge < -0.3 is 15.0 Å². The van der Waals surface area contributed by atoms with Gasteiger partial charge in [0.25, 0.3) is 5.56 Å². The number of aromatic nitrogens is 2. The number of H-pyrrole nitrogens is 1. The first kappa shape index (κ1) is 21.3. The van der Waals surface area contributed by atoms with Gasteiger partial charge in [-0.3, -0.25) is 9.69 Å². The Balaban J connectivity index is 1.36. The predicted molar refractivity (Wildman–Crippen MR) is 128 cm³/mol. The van der Waals surface area contributed by atoms with Gasteiger partial charge in [-0.15, -0.1) is 22.7 Å². The van der Waals surface area contributed by atoms with Crippen LogP contribution in [-0.2, 0) is 4.74 Å². The molecule has 6 nitrogen and oxygen atoms in total. The Bertz CT molecular complexity index is 1060. The minimum atomic E-state index is -0.0427. The standard InChI is InChI=1S/C23H30N4O2S2/c1-16(24-15-23(7-3-2-4-8-23)27-9-11-29-12-10-27)20-25-21(28)19-17(14-31-22(19)26-20)18-6-5-13-30-18/h5-6,13-14,16,24H,2-4,7-12,15H2,1H3,(H,25,26,28)/t16-/m0/s1. The SMILES string of the molecule is C[C@H](NCC1(N2CCOCC2)CCCCC1)c1nc2scc(-c3cccs3)c2c(=O)[nH]1. The number of rotatable bonds is 6. The molecule has 2 aliphatic rings. The number of morpholine rings is 1. The Morgan fingerprint density at radius 1 is 1.26 bits per heavy atom. The van der Waals surface area contributed by atoms with Crippen molar-refractivity contribution in [2.24, 2.45) is 0 Å². The van der Waals surface area contributed by atoms with Crippen LogP contribution >= 0.6 is 22.7 Å². The highest BCUT2D eigenvalue weighted by Gasteiger charge is 2.38. The van der Waals surface area contributed by atoms with Crippen LogP contribution in [0.4, 0.5) is 0 Å². The minimum Gasteiger partial charge on any atom is -0.379 e. The average molecular weight is 459 g/mol. The second kappa shape index (κ2) is 9.11. The van der Waals surface area contributed by atoms with E-state index in [0.29, 0.717) is 5.39 Å². The van der Waals surface area contributed by atoms with Gasteiger partial charge in [-0.1, -0.05) is 25.3 Å². The molecule has 0 spiro atoms. The molecule has 1 atom stereocenters. The molecule has 0 radical (unpaired) electrons. The Hall–Kier alpha value is -1.58. The fourth-order valence-electron chi connectivity index (χ4n) is 5.08. The number of hydrogen-bond acceptors (Lipinski definition) is 7. The Morgan fingerprint density at radius 3 is 2.81 bits per heavy atom. The molecule has 3 aromatic rings. The van der Waals surface area contributed by atoms with Crippen LogP contribution in [-0.4, -0.2) is 53.3 Å². The summed E-state index contributed by atoms with van der Waals surface area (Å²) in [7, 11) is 0. The molecule has 1 aliphatic carbocycles. The second-order valence-corrected chi connectivity index (χ2v) is 10.6. The molecule has 1 saturated carbocycles. The van der Waals surface area contributed by atoms with E-state index in [0.717, 1.165) is 53.9 Å². The Labute approximate surface area is 190 Å². The van der Waals surface area contributed by atoms with E-state index in [4.69, 9.17) is 9.72 Å². The highest BCUT2D eigenvalue weighted by Crippen LogP contribution is 2.35. The second-order valence-electron chi connectivity index (χ2n) is 8.75. The summed E-state index contributed by atoms with van der Waals surface area (Å²) >= 11 is 3.20. The maximum absolute atomic E-state index is 13.0. The molecule has 5 rings (SSSR count). The van der Waals surface area contributed by atoms with E-state index in [-0.39, 0.29) is 17.1 Å². The van der Waals surface area contributed by atoms with Crippen molar-refractivity contribution in [1.29, 1.82) is 0 Å². The van der Waals surface area contributed by atoms with Crippen LogP contribution in [0.25, 0.3) is 20.7 Å². The molecule has 2 fully saturated rings. The third kappa shape index (κ3) is 4.24. The van der Waals surface area contributed by atoms with Gasteiger partial charge >= 0.3 is 0 Å². The van der Waals surface area contributed by atoms with E-state index in [1.807, 2.05) is 11.4 Å². The van der Waals surface area contributed by atoms with Crippen molar-refractivity contribution in [3.05, 3.63) is 39.1 Å². The maximum atomic E-state index is 13.0. The highest BCUT2D eigenvalue weighted by molar-refractivity contribution is 7.18. The van der Waals surface area contributed by atoms with Crippen molar-refractivity contribution in [1.82, 2.24) is 20.2 Å². The molecule has 4 heterocycles. The van der Waals surface area contributed by atoms with E-state index in [9.17, 15) is 4.79 Å². The molecular weight excluding hydrogens is 428 g/mol. The van der Waals surface area contributed by atoms with Crippen molar-refractivity contribution < 1.29 is 4.74 Å². The maximum Gasteiger partial charge on any atom is 0.260 e. The summed E-state index contributed by atoms with van der Waals surface area (Å²) in [5.74, 6) is 0.727. The molecule has 8 heteroatoms. The first-order chi connectivity index (χ1) is 15.2. The topological polar surface area (TPSA) is 70.2 Å². The molecule has 166 valence electrons. The van der Waals surface area contributed by atoms with E-state index in [2.05, 4.69) is 33.6 Å². The van der Waals surface area contributed by atoms with Gasteiger partial charge in [-0.2, -0.15) is 0 Å². The lowest BCUT2D eigenvalue weighted by molar-refractivity contribution is -0.0376. The fourth-order valence-corrected chi connectivity index (χ4v) is 6.85. The smallest absolute Gasteiger partial charge is 0.260 e. The lowest BCUT2D eigenvalue weighted by Crippen LogP contribution is -2.59. The number of nitrogens with zero attached hydrogens (tertiary/aromatic N) is 2. The first-order valence-electron chi connectivity index (χ1n) is 11.3. The third-order valence-electron chi connectivity index (χ3n) is 6.86. The molecule has 0 unspecified atom stereocenters. The zero-order valence-corrected chi connectivity index (χ0v) is 19.6. The summed E-state index contributed by atoms with van der Waals surface area (Å²) < 4.78 is 5.60. The van der Waals surface area contributed by atoms with Gasteiger partial charge in [0.05, 0.1) is 24.6 Å². The number of thiophene rings is 2. The molecule has 0 amide bonds. The van der Waals surface area contributed by atoms with E-state index in [1.54, 1.807) is 22.7 Å². The van der Waals surface area contributed by atoms with Gasteiger partial charge in [-0.25, -0.2) is 4.98 Å². The van der Waals surface area contributed by atoms with Crippen molar-refractivity contribution in [2.75, 3.05) is 32.8 Å². The van der Waals surface area contributed by atoms with Crippen LogP contribution in [0.15, 0.2) is 27.7 Å². The summed E-state index contributed by atoms with van der Waals surface area (Å²) in [5.41, 5.74) is 1.14. The number of fused-ring (bicyclic) bond motifs is 1. The summed E-state index contributed by atoms with van der Waals surface area (Å²) in [6.45, 7) is 6.70. The molecule has 1 aliphatic heterocycles. The number of aromatic amines is 1. The zero-order chi connectivity index (χ0) is 21.3. The fraction of sp³-hybridized carbons (Fsp3) is 0.565. The lowest BCUT2D eigenvalue weighted by atomic mass is 9.79. The molecule has 0 aromatic carbocycles. The molecule has 3 aromatic heterocycles. The summed E-state index contributed by atoms with van der Waals surface area (Å²) in [6.07, 6.45) is 6.36. The van der Waals surface area contributed by atoms with Gasteiger partial charge in [-0.05, 0) is 31.2 Å². The summed E-state index contributed by atoms with van der Waals surface area (Å²) in [6, 6.07) is 4.06. The Morgan fingerprint density at radius 2 is 2.06 bits per heavy atom. The number of nitrogens with one attached hydrogen (secondary N) is 2. The molecular formula is C23H30N4O2S2. The summed E-state index contributed by atoms with van der Waals surface area (Å²) in [4.78, 5) is 25.4. The first-order valence-corrected chi connectivity index (χ1v) is 13.0. The van der Waals surface area contributed by atoms with Crippen LogP contribution in [0, 0.1) is 0 Å². The molecule has 0 bridgehead atoms. The molecule has 2 N–H and O–H groups in total. The number of ether oxygens (including phenoxy) is 1. The normalized spacial score (nSPS) is 20.8. The van der Waals surface area contributed by atoms with Gasteiger partial charge in [0.2, 0.25) is 0 Å². The van der Waals surface area contributed by atoms with Gasteiger partial charge in [0.15, 0.2) is 0 Å². The zero-order valence-electron chi connectivity index (χ0n) is 18.0. The van der Waals surface area contributed by atoms with Crippen LogP contribution in [0.2, 0.25) is 0 Å². The largest absolute Gasteiger partial charge is 0.379 e. The Kier molecular flexibility index (Phi) is 6.25. The lowest BCUT2D eigenvalue weighted by Gasteiger charge is -2.48. The predicted octanol–water partition coefficient (Wildman–Crippen LogP) is 4.40. The van der Waals surface area contributed by atoms with Gasteiger partial charge in [0, 0.05) is 41.0 Å². The average Bonchev–Trinajstić information content (AvgIpc) is 3.49. The van der Waals surface area contributed by atoms with Crippen molar-refractivity contribution in [3.8, 4) is 10.4 Å². The minimum absolute atomic E-state index is 0.00997. The van der Waals surface area contributed by atoms with E-state index < -0.39 is 0 Å². The summed E-state index contributed by atoms with van der Waals surface area (Å²) in [5, 5.41) is 8.52. The van der Waals surface area contributed by atoms with Crippen molar-refractivity contribution in [3.63, 3.8) is 0 Å².